The summed E-state index contributed by atoms with van der Waals surface area (Å²) >= 11 is 13.2. The fourth-order valence-corrected chi connectivity index (χ4v) is 5.34. The number of benzene rings is 4. The van der Waals surface area contributed by atoms with E-state index in [0.29, 0.717) is 43.5 Å². The number of fused-ring (bicyclic) bond motifs is 2. The van der Waals surface area contributed by atoms with Crippen LogP contribution in [0.2, 0.25) is 5.02 Å². The normalized spacial score (nSPS) is 11.2. The largest absolute Gasteiger partial charge is 0.495 e. The molecular formula is C25H15Br2ClN2O3. The number of rotatable bonds is 4. The van der Waals surface area contributed by atoms with Crippen molar-refractivity contribution in [3.63, 3.8) is 0 Å². The molecule has 5 rings (SSSR count). The molecule has 5 aromatic rings. The number of carbonyl (C=O) groups is 1. The Morgan fingerprint density at radius 1 is 1.03 bits per heavy atom. The van der Waals surface area contributed by atoms with Crippen LogP contribution in [0.4, 0.5) is 5.69 Å². The monoisotopic (exact) mass is 584 g/mol. The summed E-state index contributed by atoms with van der Waals surface area (Å²) in [6.07, 6.45) is 0. The van der Waals surface area contributed by atoms with Gasteiger partial charge in [-0.2, -0.15) is 0 Å². The van der Waals surface area contributed by atoms with Crippen LogP contribution in [0.1, 0.15) is 10.4 Å². The lowest BCUT2D eigenvalue weighted by atomic mass is 10.0. The molecule has 1 heterocycles. The Morgan fingerprint density at radius 2 is 1.82 bits per heavy atom. The Bertz CT molecular complexity index is 1550. The second-order valence-electron chi connectivity index (χ2n) is 7.26. The van der Waals surface area contributed by atoms with E-state index in [1.165, 1.54) is 7.11 Å². The van der Waals surface area contributed by atoms with Gasteiger partial charge in [0.25, 0.3) is 5.91 Å². The van der Waals surface area contributed by atoms with Crippen molar-refractivity contribution in [2.45, 2.75) is 0 Å². The number of hydrogen-bond donors (Lipinski definition) is 1. The van der Waals surface area contributed by atoms with Crippen molar-refractivity contribution in [1.82, 2.24) is 4.98 Å². The molecule has 0 bridgehead atoms. The van der Waals surface area contributed by atoms with E-state index < -0.39 is 0 Å². The van der Waals surface area contributed by atoms with E-state index in [1.54, 1.807) is 24.3 Å². The fourth-order valence-electron chi connectivity index (χ4n) is 3.71. The third-order valence-electron chi connectivity index (χ3n) is 5.20. The molecular weight excluding hydrogens is 572 g/mol. The first-order valence-corrected chi connectivity index (χ1v) is 11.8. The summed E-state index contributed by atoms with van der Waals surface area (Å²) < 4.78 is 12.8. The number of hydrogen-bond acceptors (Lipinski definition) is 4. The van der Waals surface area contributed by atoms with Gasteiger partial charge in [0, 0.05) is 26.1 Å². The van der Waals surface area contributed by atoms with Gasteiger partial charge < -0.3 is 14.5 Å². The summed E-state index contributed by atoms with van der Waals surface area (Å²) in [5.41, 5.74) is 3.08. The van der Waals surface area contributed by atoms with Crippen molar-refractivity contribution >= 4 is 76.9 Å². The average molecular weight is 587 g/mol. The zero-order valence-corrected chi connectivity index (χ0v) is 21.1. The standard InChI is InChI=1S/C25H15Br2ClN2O3/c1-32-23-18(10-13(26)11-19(23)27)24(31)29-14-8-9-22-21(12-14)30-25(33-22)17-6-2-5-16-15(17)4-3-7-20(16)28/h2-12H,1H3,(H,29,31). The summed E-state index contributed by atoms with van der Waals surface area (Å²) in [4.78, 5) is 17.6. The van der Waals surface area contributed by atoms with E-state index in [0.717, 1.165) is 20.8 Å². The first kappa shape index (κ1) is 21.9. The van der Waals surface area contributed by atoms with Crippen LogP contribution in [0, 0.1) is 0 Å². The maximum atomic E-state index is 13.0. The van der Waals surface area contributed by atoms with Crippen LogP contribution in [-0.4, -0.2) is 18.0 Å². The number of anilines is 1. The van der Waals surface area contributed by atoms with Crippen LogP contribution < -0.4 is 10.1 Å². The number of methoxy groups -OCH3 is 1. The maximum absolute atomic E-state index is 13.0. The fraction of sp³-hybridized carbons (Fsp3) is 0.0400. The van der Waals surface area contributed by atoms with Crippen LogP contribution in [0.25, 0.3) is 33.3 Å². The maximum Gasteiger partial charge on any atom is 0.259 e. The molecule has 1 amide bonds. The highest BCUT2D eigenvalue weighted by Gasteiger charge is 2.18. The second-order valence-corrected chi connectivity index (χ2v) is 9.44. The predicted octanol–water partition coefficient (Wildman–Crippen LogP) is 8.09. The topological polar surface area (TPSA) is 64.4 Å². The molecule has 0 atom stereocenters. The summed E-state index contributed by atoms with van der Waals surface area (Å²) in [5.74, 6) is 0.634. The van der Waals surface area contributed by atoms with Gasteiger partial charge in [-0.05, 0) is 63.8 Å². The van der Waals surface area contributed by atoms with Gasteiger partial charge in [0.2, 0.25) is 5.89 Å². The summed E-state index contributed by atoms with van der Waals surface area (Å²) in [5, 5.41) is 5.46. The van der Waals surface area contributed by atoms with Crippen molar-refractivity contribution < 1.29 is 13.9 Å². The third-order valence-corrected chi connectivity index (χ3v) is 6.58. The number of ether oxygens (including phenoxy) is 1. The highest BCUT2D eigenvalue weighted by molar-refractivity contribution is 9.11. The molecule has 0 spiro atoms. The molecule has 0 aliphatic rings. The molecule has 33 heavy (non-hydrogen) atoms. The van der Waals surface area contributed by atoms with Gasteiger partial charge in [-0.3, -0.25) is 4.79 Å². The van der Waals surface area contributed by atoms with E-state index in [4.69, 9.17) is 20.8 Å². The van der Waals surface area contributed by atoms with E-state index in [1.807, 2.05) is 42.5 Å². The molecule has 1 aromatic heterocycles. The second kappa shape index (κ2) is 8.82. The first-order valence-electron chi connectivity index (χ1n) is 9.87. The van der Waals surface area contributed by atoms with Crippen LogP contribution in [0.5, 0.6) is 5.75 Å². The quantitative estimate of drug-likeness (QED) is 0.231. The Hall–Kier alpha value is -2.87. The Balaban J connectivity index is 1.50. The highest BCUT2D eigenvalue weighted by Crippen LogP contribution is 2.35. The van der Waals surface area contributed by atoms with Crippen LogP contribution >= 0.6 is 43.5 Å². The van der Waals surface area contributed by atoms with Crippen LogP contribution in [0.3, 0.4) is 0 Å². The molecule has 5 nitrogen and oxygen atoms in total. The van der Waals surface area contributed by atoms with Gasteiger partial charge in [-0.25, -0.2) is 4.98 Å². The van der Waals surface area contributed by atoms with E-state index in [2.05, 4.69) is 42.2 Å². The minimum absolute atomic E-state index is 0.305. The SMILES string of the molecule is COc1c(Br)cc(Br)cc1C(=O)Nc1ccc2oc(-c3cccc4c(Cl)cccc34)nc2c1. The van der Waals surface area contributed by atoms with Crippen LogP contribution in [0.15, 0.2) is 80.1 Å². The summed E-state index contributed by atoms with van der Waals surface area (Å²) in [6, 6.07) is 20.4. The van der Waals surface area contributed by atoms with Crippen molar-refractivity contribution in [2.75, 3.05) is 12.4 Å². The minimum atomic E-state index is -0.305. The molecule has 0 fully saturated rings. The van der Waals surface area contributed by atoms with Gasteiger partial charge >= 0.3 is 0 Å². The number of carbonyl (C=O) groups excluding carboxylic acids is 1. The molecule has 0 saturated carbocycles. The predicted molar refractivity (Wildman–Crippen MR) is 138 cm³/mol. The lowest BCUT2D eigenvalue weighted by molar-refractivity contribution is 0.102. The van der Waals surface area contributed by atoms with Crippen molar-refractivity contribution in [3.05, 3.63) is 86.3 Å². The smallest absolute Gasteiger partial charge is 0.259 e. The number of amides is 1. The Labute approximate surface area is 211 Å². The molecule has 0 unspecified atom stereocenters. The van der Waals surface area contributed by atoms with Gasteiger partial charge in [-0.15, -0.1) is 0 Å². The van der Waals surface area contributed by atoms with Crippen LogP contribution in [-0.2, 0) is 0 Å². The first-order chi connectivity index (χ1) is 15.9. The molecule has 0 saturated heterocycles. The number of aromatic nitrogens is 1. The number of nitrogens with one attached hydrogen (secondary N) is 1. The molecule has 8 heteroatoms. The third kappa shape index (κ3) is 4.12. The van der Waals surface area contributed by atoms with Gasteiger partial charge in [0.15, 0.2) is 5.58 Å². The Morgan fingerprint density at radius 3 is 2.64 bits per heavy atom. The van der Waals surface area contributed by atoms with Crippen molar-refractivity contribution in [3.8, 4) is 17.2 Å². The highest BCUT2D eigenvalue weighted by atomic mass is 79.9. The zero-order chi connectivity index (χ0) is 23.1. The molecule has 0 radical (unpaired) electrons. The Kier molecular flexibility index (Phi) is 5.86. The zero-order valence-electron chi connectivity index (χ0n) is 17.2. The molecule has 0 aliphatic heterocycles. The van der Waals surface area contributed by atoms with Gasteiger partial charge in [0.1, 0.15) is 11.3 Å². The summed E-state index contributed by atoms with van der Waals surface area (Å²) in [7, 11) is 1.52. The van der Waals surface area contributed by atoms with E-state index in [9.17, 15) is 4.79 Å². The molecule has 0 aliphatic carbocycles. The number of nitrogens with zero attached hydrogens (tertiary/aromatic N) is 1. The van der Waals surface area contributed by atoms with Crippen molar-refractivity contribution in [2.24, 2.45) is 0 Å². The van der Waals surface area contributed by atoms with Crippen molar-refractivity contribution in [1.29, 1.82) is 0 Å². The number of oxazole rings is 1. The van der Waals surface area contributed by atoms with Gasteiger partial charge in [-0.1, -0.05) is 51.8 Å². The molecule has 164 valence electrons. The molecule has 4 aromatic carbocycles. The lowest BCUT2D eigenvalue weighted by Crippen LogP contribution is -2.13. The lowest BCUT2D eigenvalue weighted by Gasteiger charge is -2.11. The molecule has 1 N–H and O–H groups in total. The van der Waals surface area contributed by atoms with E-state index >= 15 is 0 Å². The van der Waals surface area contributed by atoms with Gasteiger partial charge in [0.05, 0.1) is 17.1 Å². The van der Waals surface area contributed by atoms with E-state index in [-0.39, 0.29) is 5.91 Å². The summed E-state index contributed by atoms with van der Waals surface area (Å²) in [6.45, 7) is 0. The minimum Gasteiger partial charge on any atom is -0.495 e. The average Bonchev–Trinajstić information content (AvgIpc) is 3.22. The number of halogens is 3.